The molecule has 23 heavy (non-hydrogen) atoms. The second-order valence-corrected chi connectivity index (χ2v) is 8.25. The maximum atomic E-state index is 12.8. The first kappa shape index (κ1) is 18.4. The summed E-state index contributed by atoms with van der Waals surface area (Å²) in [6, 6.07) is 0. The summed E-state index contributed by atoms with van der Waals surface area (Å²) in [7, 11) is -4.85. The average molecular weight is 352 g/mol. The molecule has 0 heterocycles. The molecule has 0 radical (unpaired) electrons. The van der Waals surface area contributed by atoms with E-state index in [0.717, 1.165) is 24.7 Å². The van der Waals surface area contributed by atoms with Gasteiger partial charge in [-0.05, 0) is 49.9 Å². The van der Waals surface area contributed by atoms with Gasteiger partial charge in [0.1, 0.15) is 6.61 Å². The standard InChI is InChI=1S/C15H25FO6S/c16-14(23(18,19)20)10-22-15(17)21-6-2-5-13-8-11-3-1-4-12(7-11)9-13/h11-14H,1-10H2,(H,18,19,20). The predicted molar refractivity (Wildman–Crippen MR) is 81.2 cm³/mol. The molecule has 0 aromatic heterocycles. The lowest BCUT2D eigenvalue weighted by molar-refractivity contribution is 0.0432. The van der Waals surface area contributed by atoms with E-state index in [9.17, 15) is 17.6 Å². The Labute approximate surface area is 136 Å². The van der Waals surface area contributed by atoms with E-state index in [0.29, 0.717) is 5.92 Å². The minimum Gasteiger partial charge on any atom is -0.434 e. The molecule has 3 unspecified atom stereocenters. The number of halogens is 1. The molecule has 2 bridgehead atoms. The van der Waals surface area contributed by atoms with E-state index in [1.165, 1.54) is 38.5 Å². The van der Waals surface area contributed by atoms with Crippen LogP contribution in [0.4, 0.5) is 9.18 Å². The van der Waals surface area contributed by atoms with Gasteiger partial charge in [-0.2, -0.15) is 8.42 Å². The summed E-state index contributed by atoms with van der Waals surface area (Å²) in [6.07, 6.45) is 8.54. The van der Waals surface area contributed by atoms with Crippen molar-refractivity contribution >= 4 is 16.3 Å². The van der Waals surface area contributed by atoms with Gasteiger partial charge in [-0.15, -0.1) is 0 Å². The van der Waals surface area contributed by atoms with Crippen molar-refractivity contribution in [2.45, 2.75) is 56.9 Å². The molecule has 2 aliphatic rings. The Morgan fingerprint density at radius 1 is 1.17 bits per heavy atom. The molecule has 6 nitrogen and oxygen atoms in total. The normalized spacial score (nSPS) is 28.9. The third kappa shape index (κ3) is 6.25. The average Bonchev–Trinajstić information content (AvgIpc) is 2.48. The van der Waals surface area contributed by atoms with E-state index in [1.807, 2.05) is 0 Å². The van der Waals surface area contributed by atoms with Gasteiger partial charge >= 0.3 is 16.3 Å². The summed E-state index contributed by atoms with van der Waals surface area (Å²) in [5.41, 5.74) is -2.64. The number of fused-ring (bicyclic) bond motifs is 2. The van der Waals surface area contributed by atoms with Crippen molar-refractivity contribution in [2.24, 2.45) is 17.8 Å². The van der Waals surface area contributed by atoms with E-state index in [2.05, 4.69) is 4.74 Å². The summed E-state index contributed by atoms with van der Waals surface area (Å²) in [5.74, 6) is 2.41. The molecule has 2 saturated carbocycles. The molecule has 0 aliphatic heterocycles. The van der Waals surface area contributed by atoms with Gasteiger partial charge in [0.05, 0.1) is 6.61 Å². The zero-order chi connectivity index (χ0) is 16.9. The van der Waals surface area contributed by atoms with E-state index >= 15 is 0 Å². The zero-order valence-corrected chi connectivity index (χ0v) is 14.0. The van der Waals surface area contributed by atoms with Crippen LogP contribution in [0, 0.1) is 17.8 Å². The summed E-state index contributed by atoms with van der Waals surface area (Å²) >= 11 is 0. The van der Waals surface area contributed by atoms with E-state index in [1.54, 1.807) is 0 Å². The highest BCUT2D eigenvalue weighted by Gasteiger charge is 2.31. The van der Waals surface area contributed by atoms with E-state index in [4.69, 9.17) is 9.29 Å². The first-order valence-corrected chi connectivity index (χ1v) is 9.75. The fourth-order valence-electron chi connectivity index (χ4n) is 3.89. The van der Waals surface area contributed by atoms with Crippen LogP contribution in [0.5, 0.6) is 0 Å². The maximum absolute atomic E-state index is 12.8. The monoisotopic (exact) mass is 352 g/mol. The molecule has 2 aliphatic carbocycles. The number of alkyl halides is 1. The number of hydrogen-bond acceptors (Lipinski definition) is 5. The molecular weight excluding hydrogens is 327 g/mol. The van der Waals surface area contributed by atoms with E-state index in [-0.39, 0.29) is 6.61 Å². The van der Waals surface area contributed by atoms with Crippen LogP contribution in [0.25, 0.3) is 0 Å². The van der Waals surface area contributed by atoms with Crippen molar-refractivity contribution in [1.29, 1.82) is 0 Å². The second kappa shape index (κ2) is 8.28. The van der Waals surface area contributed by atoms with Crippen LogP contribution >= 0.6 is 0 Å². The number of carbonyl (C=O) groups excluding carboxylic acids is 1. The molecular formula is C15H25FO6S. The van der Waals surface area contributed by atoms with Gasteiger partial charge in [0, 0.05) is 0 Å². The molecule has 0 saturated heterocycles. The van der Waals surface area contributed by atoms with Crippen molar-refractivity contribution in [3.05, 3.63) is 0 Å². The molecule has 0 spiro atoms. The van der Waals surface area contributed by atoms with Crippen molar-refractivity contribution in [1.82, 2.24) is 0 Å². The first-order chi connectivity index (χ1) is 10.8. The van der Waals surface area contributed by atoms with Crippen LogP contribution in [-0.2, 0) is 19.6 Å². The van der Waals surface area contributed by atoms with Crippen molar-refractivity contribution in [3.63, 3.8) is 0 Å². The van der Waals surface area contributed by atoms with Crippen LogP contribution in [0.15, 0.2) is 0 Å². The SMILES string of the molecule is O=C(OCCCC1CC2CCCC(C1)C2)OCC(F)S(=O)(=O)O. The second-order valence-electron chi connectivity index (χ2n) is 6.71. The van der Waals surface area contributed by atoms with Crippen molar-refractivity contribution < 1.29 is 31.6 Å². The number of rotatable bonds is 7. The minimum absolute atomic E-state index is 0.174. The molecule has 1 N–H and O–H groups in total. The molecule has 8 heteroatoms. The zero-order valence-electron chi connectivity index (χ0n) is 13.2. The molecule has 3 atom stereocenters. The highest BCUT2D eigenvalue weighted by molar-refractivity contribution is 7.86. The predicted octanol–water partition coefficient (Wildman–Crippen LogP) is 3.32. The van der Waals surface area contributed by atoms with Gasteiger partial charge in [-0.25, -0.2) is 9.18 Å². The fourth-order valence-corrected chi connectivity index (χ4v) is 4.13. The van der Waals surface area contributed by atoms with Crippen molar-refractivity contribution in [3.8, 4) is 0 Å². The Balaban J connectivity index is 1.56. The third-order valence-electron chi connectivity index (χ3n) is 4.86. The highest BCUT2D eigenvalue weighted by Crippen LogP contribution is 2.43. The summed E-state index contributed by atoms with van der Waals surface area (Å²) < 4.78 is 51.1. The molecule has 0 aromatic rings. The third-order valence-corrected chi connectivity index (χ3v) is 5.64. The summed E-state index contributed by atoms with van der Waals surface area (Å²) in [6.45, 7) is -0.892. The Morgan fingerprint density at radius 2 is 1.83 bits per heavy atom. The van der Waals surface area contributed by atoms with Gasteiger partial charge in [-0.1, -0.05) is 19.3 Å². The van der Waals surface area contributed by atoms with Gasteiger partial charge in [0.25, 0.3) is 5.50 Å². The lowest BCUT2D eigenvalue weighted by Crippen LogP contribution is -2.27. The molecule has 2 rings (SSSR count). The highest BCUT2D eigenvalue weighted by atomic mass is 32.2. The molecule has 0 amide bonds. The minimum atomic E-state index is -4.85. The molecule has 0 aromatic carbocycles. The lowest BCUT2D eigenvalue weighted by Gasteiger charge is -2.39. The van der Waals surface area contributed by atoms with Gasteiger partial charge in [0.15, 0.2) is 0 Å². The maximum Gasteiger partial charge on any atom is 0.508 e. The first-order valence-electron chi connectivity index (χ1n) is 8.24. The van der Waals surface area contributed by atoms with Gasteiger partial charge < -0.3 is 9.47 Å². The van der Waals surface area contributed by atoms with Crippen LogP contribution < -0.4 is 0 Å². The van der Waals surface area contributed by atoms with Crippen LogP contribution in [0.3, 0.4) is 0 Å². The van der Waals surface area contributed by atoms with Gasteiger partial charge in [-0.3, -0.25) is 4.55 Å². The number of ether oxygens (including phenoxy) is 2. The van der Waals surface area contributed by atoms with E-state index < -0.39 is 28.4 Å². The smallest absolute Gasteiger partial charge is 0.434 e. The lowest BCUT2D eigenvalue weighted by atomic mass is 9.67. The Kier molecular flexibility index (Phi) is 6.64. The van der Waals surface area contributed by atoms with Crippen LogP contribution in [0.2, 0.25) is 0 Å². The Bertz CT molecular complexity index is 482. The Hall–Kier alpha value is -0.890. The van der Waals surface area contributed by atoms with Crippen LogP contribution in [-0.4, -0.2) is 37.8 Å². The molecule has 2 fully saturated rings. The number of hydrogen-bond donors (Lipinski definition) is 1. The van der Waals surface area contributed by atoms with Gasteiger partial charge in [0.2, 0.25) is 0 Å². The molecule has 134 valence electrons. The quantitative estimate of drug-likeness (QED) is 0.429. The number of carbonyl (C=O) groups is 1. The summed E-state index contributed by atoms with van der Waals surface area (Å²) in [5, 5.41) is 0. The van der Waals surface area contributed by atoms with Crippen LogP contribution in [0.1, 0.15) is 51.4 Å². The topological polar surface area (TPSA) is 89.9 Å². The summed E-state index contributed by atoms with van der Waals surface area (Å²) in [4.78, 5) is 11.2. The van der Waals surface area contributed by atoms with Crippen molar-refractivity contribution in [2.75, 3.05) is 13.2 Å². The fraction of sp³-hybridized carbons (Fsp3) is 0.933. The largest absolute Gasteiger partial charge is 0.508 e. The Morgan fingerprint density at radius 3 is 2.43 bits per heavy atom.